The lowest BCUT2D eigenvalue weighted by Crippen LogP contribution is -2.41. The molecule has 18 heavy (non-hydrogen) atoms. The standard InChI is InChI=1S/C12H15N3O2S/c1-15(10-3-2-4-10)18(16,17)12-6-5-9(8-13)7-11(12)14/h5-7,10H,2-4,14H2,1H3. The molecular formula is C12H15N3O2S. The molecule has 0 atom stereocenters. The minimum atomic E-state index is -3.56. The molecular weight excluding hydrogens is 250 g/mol. The third-order valence-corrected chi connectivity index (χ3v) is 5.37. The first-order valence-corrected chi connectivity index (χ1v) is 7.18. The second-order valence-electron chi connectivity index (χ2n) is 4.47. The largest absolute Gasteiger partial charge is 0.398 e. The highest BCUT2D eigenvalue weighted by molar-refractivity contribution is 7.89. The third kappa shape index (κ3) is 2.07. The van der Waals surface area contributed by atoms with Crippen LogP contribution in [-0.4, -0.2) is 25.8 Å². The Morgan fingerprint density at radius 1 is 1.44 bits per heavy atom. The van der Waals surface area contributed by atoms with E-state index in [0.29, 0.717) is 5.56 Å². The van der Waals surface area contributed by atoms with Crippen LogP contribution >= 0.6 is 0 Å². The van der Waals surface area contributed by atoms with Crippen molar-refractivity contribution < 1.29 is 8.42 Å². The molecule has 1 aliphatic rings. The molecule has 0 aliphatic heterocycles. The third-order valence-electron chi connectivity index (χ3n) is 3.38. The summed E-state index contributed by atoms with van der Waals surface area (Å²) >= 11 is 0. The smallest absolute Gasteiger partial charge is 0.245 e. The maximum atomic E-state index is 12.3. The SMILES string of the molecule is CN(C1CCC1)S(=O)(=O)c1ccc(C#N)cc1N. The summed E-state index contributed by atoms with van der Waals surface area (Å²) in [6, 6.07) is 6.27. The Labute approximate surface area is 107 Å². The van der Waals surface area contributed by atoms with Gasteiger partial charge in [0.25, 0.3) is 0 Å². The molecule has 1 saturated carbocycles. The van der Waals surface area contributed by atoms with Crippen molar-refractivity contribution in [2.75, 3.05) is 12.8 Å². The topological polar surface area (TPSA) is 87.2 Å². The van der Waals surface area contributed by atoms with Crippen LogP contribution in [0, 0.1) is 11.3 Å². The Balaban J connectivity index is 2.38. The first kappa shape index (κ1) is 12.9. The van der Waals surface area contributed by atoms with E-state index in [9.17, 15) is 8.42 Å². The first-order valence-electron chi connectivity index (χ1n) is 5.74. The molecule has 0 heterocycles. The van der Waals surface area contributed by atoms with Crippen molar-refractivity contribution in [1.29, 1.82) is 5.26 Å². The molecule has 96 valence electrons. The molecule has 0 unspecified atom stereocenters. The maximum Gasteiger partial charge on any atom is 0.245 e. The van der Waals surface area contributed by atoms with Crippen molar-refractivity contribution in [3.05, 3.63) is 23.8 Å². The molecule has 0 radical (unpaired) electrons. The number of sulfonamides is 1. The molecule has 2 N–H and O–H groups in total. The summed E-state index contributed by atoms with van der Waals surface area (Å²) in [7, 11) is -1.98. The van der Waals surface area contributed by atoms with Crippen molar-refractivity contribution in [2.45, 2.75) is 30.2 Å². The number of nitriles is 1. The second-order valence-corrected chi connectivity index (χ2v) is 6.44. The predicted molar refractivity (Wildman–Crippen MR) is 68.2 cm³/mol. The van der Waals surface area contributed by atoms with Crippen molar-refractivity contribution in [2.24, 2.45) is 0 Å². The number of rotatable bonds is 3. The Morgan fingerprint density at radius 3 is 2.56 bits per heavy atom. The van der Waals surface area contributed by atoms with Gasteiger partial charge in [-0.3, -0.25) is 0 Å². The number of hydrogen-bond acceptors (Lipinski definition) is 4. The average molecular weight is 265 g/mol. The first-order chi connectivity index (χ1) is 8.46. The molecule has 0 amide bonds. The van der Waals surface area contributed by atoms with E-state index < -0.39 is 10.0 Å². The summed E-state index contributed by atoms with van der Waals surface area (Å²) in [6.07, 6.45) is 2.85. The van der Waals surface area contributed by atoms with E-state index >= 15 is 0 Å². The summed E-state index contributed by atoms with van der Waals surface area (Å²) in [5, 5.41) is 8.73. The molecule has 1 aliphatic carbocycles. The molecule has 2 rings (SSSR count). The lowest BCUT2D eigenvalue weighted by atomic mass is 9.94. The number of nitrogens with zero attached hydrogens (tertiary/aromatic N) is 2. The monoisotopic (exact) mass is 265 g/mol. The van der Waals surface area contributed by atoms with Gasteiger partial charge in [0.15, 0.2) is 0 Å². The lowest BCUT2D eigenvalue weighted by molar-refractivity contribution is 0.250. The minimum absolute atomic E-state index is 0.0741. The van der Waals surface area contributed by atoms with Crippen LogP contribution in [0.3, 0.4) is 0 Å². The van der Waals surface area contributed by atoms with Gasteiger partial charge in [0.05, 0.1) is 17.3 Å². The van der Waals surface area contributed by atoms with Gasteiger partial charge in [0, 0.05) is 13.1 Å². The van der Waals surface area contributed by atoms with Gasteiger partial charge in [-0.1, -0.05) is 6.42 Å². The molecule has 0 aromatic heterocycles. The van der Waals surface area contributed by atoms with E-state index in [-0.39, 0.29) is 16.6 Å². The summed E-state index contributed by atoms with van der Waals surface area (Å²) in [4.78, 5) is 0.0795. The molecule has 0 spiro atoms. The van der Waals surface area contributed by atoms with E-state index in [1.807, 2.05) is 6.07 Å². The second kappa shape index (κ2) is 4.59. The fourth-order valence-corrected chi connectivity index (χ4v) is 3.46. The fourth-order valence-electron chi connectivity index (χ4n) is 1.95. The molecule has 0 saturated heterocycles. The van der Waals surface area contributed by atoms with Crippen molar-refractivity contribution in [1.82, 2.24) is 4.31 Å². The highest BCUT2D eigenvalue weighted by atomic mass is 32.2. The van der Waals surface area contributed by atoms with Crippen LogP contribution in [0.1, 0.15) is 24.8 Å². The highest BCUT2D eigenvalue weighted by Gasteiger charge is 2.32. The number of hydrogen-bond donors (Lipinski definition) is 1. The van der Waals surface area contributed by atoms with Crippen LogP contribution < -0.4 is 5.73 Å². The van der Waals surface area contributed by atoms with Crippen molar-refractivity contribution >= 4 is 15.7 Å². The molecule has 5 nitrogen and oxygen atoms in total. The van der Waals surface area contributed by atoms with Crippen LogP contribution in [0.4, 0.5) is 5.69 Å². The molecule has 0 bridgehead atoms. The molecule has 1 aromatic carbocycles. The van der Waals surface area contributed by atoms with Gasteiger partial charge < -0.3 is 5.73 Å². The number of nitrogen functional groups attached to an aromatic ring is 1. The zero-order valence-corrected chi connectivity index (χ0v) is 10.9. The molecule has 6 heteroatoms. The van der Waals surface area contributed by atoms with E-state index in [1.165, 1.54) is 22.5 Å². The fraction of sp³-hybridized carbons (Fsp3) is 0.417. The quantitative estimate of drug-likeness (QED) is 0.835. The zero-order chi connectivity index (χ0) is 13.3. The van der Waals surface area contributed by atoms with Gasteiger partial charge >= 0.3 is 0 Å². The maximum absolute atomic E-state index is 12.3. The number of benzene rings is 1. The normalized spacial score (nSPS) is 16.3. The zero-order valence-electron chi connectivity index (χ0n) is 10.1. The highest BCUT2D eigenvalue weighted by Crippen LogP contribution is 2.30. The Morgan fingerprint density at radius 2 is 2.11 bits per heavy atom. The van der Waals surface area contributed by atoms with Gasteiger partial charge in [-0.05, 0) is 31.0 Å². The Hall–Kier alpha value is -1.58. The lowest BCUT2D eigenvalue weighted by Gasteiger charge is -2.33. The van der Waals surface area contributed by atoms with E-state index in [2.05, 4.69) is 0 Å². The van der Waals surface area contributed by atoms with Crippen LogP contribution in [0.15, 0.2) is 23.1 Å². The molecule has 1 fully saturated rings. The van der Waals surface area contributed by atoms with Gasteiger partial charge in [-0.25, -0.2) is 8.42 Å². The average Bonchev–Trinajstić information content (AvgIpc) is 2.26. The van der Waals surface area contributed by atoms with Gasteiger partial charge in [0.2, 0.25) is 10.0 Å². The van der Waals surface area contributed by atoms with Crippen LogP contribution in [0.5, 0.6) is 0 Å². The minimum Gasteiger partial charge on any atom is -0.398 e. The van der Waals surface area contributed by atoms with E-state index in [1.54, 1.807) is 7.05 Å². The number of anilines is 1. The van der Waals surface area contributed by atoms with Crippen LogP contribution in [0.25, 0.3) is 0 Å². The summed E-state index contributed by atoms with van der Waals surface area (Å²) in [5.41, 5.74) is 6.21. The Kier molecular flexibility index (Phi) is 3.28. The number of nitrogens with two attached hydrogens (primary N) is 1. The van der Waals surface area contributed by atoms with E-state index in [4.69, 9.17) is 11.0 Å². The molecule has 1 aromatic rings. The summed E-state index contributed by atoms with van der Waals surface area (Å²) < 4.78 is 26.1. The van der Waals surface area contributed by atoms with Gasteiger partial charge in [-0.2, -0.15) is 9.57 Å². The van der Waals surface area contributed by atoms with Crippen molar-refractivity contribution in [3.63, 3.8) is 0 Å². The van der Waals surface area contributed by atoms with Gasteiger partial charge in [0.1, 0.15) is 4.90 Å². The predicted octanol–water partition coefficient (Wildman–Crippen LogP) is 1.31. The van der Waals surface area contributed by atoms with E-state index in [0.717, 1.165) is 19.3 Å². The van der Waals surface area contributed by atoms with Crippen LogP contribution in [-0.2, 0) is 10.0 Å². The van der Waals surface area contributed by atoms with Gasteiger partial charge in [-0.15, -0.1) is 0 Å². The Bertz CT molecular complexity index is 600. The van der Waals surface area contributed by atoms with Crippen LogP contribution in [0.2, 0.25) is 0 Å². The summed E-state index contributed by atoms with van der Waals surface area (Å²) in [6.45, 7) is 0. The van der Waals surface area contributed by atoms with Crippen molar-refractivity contribution in [3.8, 4) is 6.07 Å². The summed E-state index contributed by atoms with van der Waals surface area (Å²) in [5.74, 6) is 0.